The molecule has 2 saturated heterocycles. The summed E-state index contributed by atoms with van der Waals surface area (Å²) in [5.74, 6) is 0.332. The van der Waals surface area contributed by atoms with Crippen LogP contribution in [0.15, 0.2) is 24.5 Å². The zero-order valence-corrected chi connectivity index (χ0v) is 13.2. The number of rotatable bonds is 4. The van der Waals surface area contributed by atoms with Crippen LogP contribution in [0.5, 0.6) is 0 Å². The Kier molecular flexibility index (Phi) is 4.34. The molecular formula is C17H27N3O. The molecule has 3 atom stereocenters. The minimum Gasteiger partial charge on any atom is -0.351 e. The maximum Gasteiger partial charge on any atom is 0.224 e. The lowest BCUT2D eigenvalue weighted by Crippen LogP contribution is -2.47. The van der Waals surface area contributed by atoms with Crippen molar-refractivity contribution >= 4 is 5.91 Å². The van der Waals surface area contributed by atoms with Gasteiger partial charge in [-0.05, 0) is 58.3 Å². The summed E-state index contributed by atoms with van der Waals surface area (Å²) in [7, 11) is 2.21. The van der Waals surface area contributed by atoms with Crippen molar-refractivity contribution in [3.05, 3.63) is 24.5 Å². The van der Waals surface area contributed by atoms with Gasteiger partial charge in [0.15, 0.2) is 0 Å². The molecule has 0 spiro atoms. The van der Waals surface area contributed by atoms with Gasteiger partial charge in [-0.1, -0.05) is 0 Å². The summed E-state index contributed by atoms with van der Waals surface area (Å²) in [6.07, 6.45) is 9.57. The lowest BCUT2D eigenvalue weighted by atomic mass is 10.0. The fourth-order valence-corrected chi connectivity index (χ4v) is 4.04. The highest BCUT2D eigenvalue weighted by Crippen LogP contribution is 2.30. The molecule has 4 nitrogen and oxygen atoms in total. The molecular weight excluding hydrogens is 262 g/mol. The molecule has 1 aromatic heterocycles. The van der Waals surface area contributed by atoms with Crippen molar-refractivity contribution in [1.82, 2.24) is 14.4 Å². The number of likely N-dealkylation sites (N-methyl/N-ethyl adjacent to an activating group) is 1. The van der Waals surface area contributed by atoms with E-state index in [1.165, 1.54) is 32.2 Å². The van der Waals surface area contributed by atoms with Crippen LogP contribution in [0.4, 0.5) is 0 Å². The number of hydrogen-bond acceptors (Lipinski definition) is 2. The van der Waals surface area contributed by atoms with Crippen LogP contribution in [-0.4, -0.2) is 52.5 Å². The zero-order chi connectivity index (χ0) is 14.8. The third kappa shape index (κ3) is 3.00. The first kappa shape index (κ1) is 14.6. The Balaban J connectivity index is 1.63. The van der Waals surface area contributed by atoms with E-state index in [0.717, 1.165) is 6.54 Å². The average Bonchev–Trinajstić information content (AvgIpc) is 3.19. The van der Waals surface area contributed by atoms with Gasteiger partial charge in [-0.15, -0.1) is 0 Å². The molecule has 4 heteroatoms. The molecule has 0 radical (unpaired) electrons. The van der Waals surface area contributed by atoms with Gasteiger partial charge < -0.3 is 14.4 Å². The second-order valence-corrected chi connectivity index (χ2v) is 6.67. The number of amides is 1. The van der Waals surface area contributed by atoms with E-state index in [0.29, 0.717) is 24.4 Å². The largest absolute Gasteiger partial charge is 0.351 e. The van der Waals surface area contributed by atoms with E-state index in [9.17, 15) is 4.79 Å². The summed E-state index contributed by atoms with van der Waals surface area (Å²) in [5, 5.41) is 0. The number of carbonyl (C=O) groups is 1. The van der Waals surface area contributed by atoms with Gasteiger partial charge in [-0.25, -0.2) is 0 Å². The molecule has 2 fully saturated rings. The molecule has 3 heterocycles. The van der Waals surface area contributed by atoms with Crippen LogP contribution >= 0.6 is 0 Å². The molecule has 3 unspecified atom stereocenters. The number of carbonyl (C=O) groups excluding carboxylic acids is 1. The highest BCUT2D eigenvalue weighted by atomic mass is 16.2. The van der Waals surface area contributed by atoms with Crippen molar-refractivity contribution in [2.24, 2.45) is 0 Å². The Morgan fingerprint density at radius 3 is 2.48 bits per heavy atom. The van der Waals surface area contributed by atoms with E-state index in [4.69, 9.17) is 0 Å². The Morgan fingerprint density at radius 2 is 1.81 bits per heavy atom. The van der Waals surface area contributed by atoms with Gasteiger partial charge in [0.2, 0.25) is 5.91 Å². The Bertz CT molecular complexity index is 470. The lowest BCUT2D eigenvalue weighted by Gasteiger charge is -2.34. The molecule has 0 aromatic carbocycles. The van der Waals surface area contributed by atoms with Crippen LogP contribution in [0.25, 0.3) is 0 Å². The maximum atomic E-state index is 12.7. The van der Waals surface area contributed by atoms with Gasteiger partial charge in [-0.2, -0.15) is 0 Å². The second kappa shape index (κ2) is 6.22. The predicted molar refractivity (Wildman–Crippen MR) is 84.1 cm³/mol. The topological polar surface area (TPSA) is 28.5 Å². The van der Waals surface area contributed by atoms with Crippen molar-refractivity contribution < 1.29 is 4.79 Å². The molecule has 3 rings (SSSR count). The first-order valence-electron chi connectivity index (χ1n) is 8.29. The Hall–Kier alpha value is -1.29. The normalized spacial score (nSPS) is 28.2. The maximum absolute atomic E-state index is 12.7. The second-order valence-electron chi connectivity index (χ2n) is 6.67. The summed E-state index contributed by atoms with van der Waals surface area (Å²) in [5.41, 5.74) is 0. The van der Waals surface area contributed by atoms with Crippen molar-refractivity contribution in [3.63, 3.8) is 0 Å². The fourth-order valence-electron chi connectivity index (χ4n) is 4.04. The SMILES string of the molecule is CC(CC(=O)N1CCCC1C1CCCN1C)n1cccc1. The van der Waals surface area contributed by atoms with Gasteiger partial charge >= 0.3 is 0 Å². The monoisotopic (exact) mass is 289 g/mol. The average molecular weight is 289 g/mol. The summed E-state index contributed by atoms with van der Waals surface area (Å²) in [4.78, 5) is 17.3. The van der Waals surface area contributed by atoms with Gasteiger partial charge in [-0.3, -0.25) is 4.79 Å². The zero-order valence-electron chi connectivity index (χ0n) is 13.2. The number of likely N-dealkylation sites (tertiary alicyclic amines) is 2. The van der Waals surface area contributed by atoms with Gasteiger partial charge in [0, 0.05) is 43.5 Å². The van der Waals surface area contributed by atoms with Crippen molar-refractivity contribution in [3.8, 4) is 0 Å². The molecule has 0 N–H and O–H groups in total. The molecule has 21 heavy (non-hydrogen) atoms. The third-order valence-corrected chi connectivity index (χ3v) is 5.25. The first-order valence-corrected chi connectivity index (χ1v) is 8.29. The molecule has 1 amide bonds. The van der Waals surface area contributed by atoms with E-state index in [1.807, 2.05) is 24.5 Å². The summed E-state index contributed by atoms with van der Waals surface area (Å²) in [6, 6.07) is 5.32. The van der Waals surface area contributed by atoms with Crippen molar-refractivity contribution in [2.45, 2.75) is 57.2 Å². The molecule has 0 aliphatic carbocycles. The fraction of sp³-hybridized carbons (Fsp3) is 0.706. The van der Waals surface area contributed by atoms with Crippen LogP contribution in [0, 0.1) is 0 Å². The van der Waals surface area contributed by atoms with Crippen LogP contribution in [0.2, 0.25) is 0 Å². The van der Waals surface area contributed by atoms with Crippen LogP contribution in [0.1, 0.15) is 45.1 Å². The predicted octanol–water partition coefficient (Wildman–Crippen LogP) is 2.52. The van der Waals surface area contributed by atoms with E-state index in [2.05, 4.69) is 28.3 Å². The first-order chi connectivity index (χ1) is 10.2. The molecule has 0 bridgehead atoms. The van der Waals surface area contributed by atoms with Crippen LogP contribution in [-0.2, 0) is 4.79 Å². The number of nitrogens with zero attached hydrogens (tertiary/aromatic N) is 3. The van der Waals surface area contributed by atoms with Gasteiger partial charge in [0.25, 0.3) is 0 Å². The van der Waals surface area contributed by atoms with Gasteiger partial charge in [0.05, 0.1) is 0 Å². The minimum absolute atomic E-state index is 0.245. The molecule has 116 valence electrons. The van der Waals surface area contributed by atoms with E-state index < -0.39 is 0 Å². The van der Waals surface area contributed by atoms with Crippen molar-refractivity contribution in [2.75, 3.05) is 20.1 Å². The third-order valence-electron chi connectivity index (χ3n) is 5.25. The summed E-state index contributed by atoms with van der Waals surface area (Å²) < 4.78 is 2.13. The van der Waals surface area contributed by atoms with Gasteiger partial charge in [0.1, 0.15) is 0 Å². The minimum atomic E-state index is 0.245. The van der Waals surface area contributed by atoms with Crippen LogP contribution < -0.4 is 0 Å². The number of aromatic nitrogens is 1. The highest BCUT2D eigenvalue weighted by molar-refractivity contribution is 5.77. The van der Waals surface area contributed by atoms with E-state index in [-0.39, 0.29) is 6.04 Å². The Labute approximate surface area is 127 Å². The summed E-state index contributed by atoms with van der Waals surface area (Å²) >= 11 is 0. The Morgan fingerprint density at radius 1 is 1.14 bits per heavy atom. The number of hydrogen-bond donors (Lipinski definition) is 0. The molecule has 2 aliphatic rings. The summed E-state index contributed by atoms with van der Waals surface area (Å²) in [6.45, 7) is 4.26. The quantitative estimate of drug-likeness (QED) is 0.852. The van der Waals surface area contributed by atoms with Crippen LogP contribution in [0.3, 0.4) is 0 Å². The smallest absolute Gasteiger partial charge is 0.224 e. The lowest BCUT2D eigenvalue weighted by molar-refractivity contribution is -0.133. The standard InChI is InChI=1S/C17H27N3O/c1-14(19-10-3-4-11-19)13-17(21)20-12-6-8-16(20)15-7-5-9-18(15)2/h3-4,10-11,14-16H,5-9,12-13H2,1-2H3. The molecule has 1 aromatic rings. The van der Waals surface area contributed by atoms with E-state index >= 15 is 0 Å². The van der Waals surface area contributed by atoms with E-state index in [1.54, 1.807) is 0 Å². The highest BCUT2D eigenvalue weighted by Gasteiger charge is 2.38. The molecule has 0 saturated carbocycles. The van der Waals surface area contributed by atoms with Crippen molar-refractivity contribution in [1.29, 1.82) is 0 Å². The molecule has 2 aliphatic heterocycles.